The molecular weight excluding hydrogens is 508 g/mol. The molecule has 6 atom stereocenters. The summed E-state index contributed by atoms with van der Waals surface area (Å²) in [6, 6.07) is 6.88. The first-order valence-corrected chi connectivity index (χ1v) is 13.1. The number of ether oxygens (including phenoxy) is 2. The molecule has 1 aliphatic rings. The lowest BCUT2D eigenvalue weighted by molar-refractivity contribution is -0.0670. The van der Waals surface area contributed by atoms with Crippen molar-refractivity contribution in [1.82, 2.24) is 0 Å². The molecular formula is C13H16BN4O12P3. The summed E-state index contributed by atoms with van der Waals surface area (Å²) < 4.78 is 56.7. The van der Waals surface area contributed by atoms with E-state index in [1.807, 2.05) is 6.07 Å². The van der Waals surface area contributed by atoms with Crippen LogP contribution in [0.1, 0.15) is 23.8 Å². The van der Waals surface area contributed by atoms with Gasteiger partial charge in [-0.1, -0.05) is 17.2 Å². The number of hydrogen-bond acceptors (Lipinski definition) is 10. The van der Waals surface area contributed by atoms with Crippen molar-refractivity contribution in [1.29, 1.82) is 5.26 Å². The molecule has 4 N–H and O–H groups in total. The van der Waals surface area contributed by atoms with Crippen LogP contribution in [0.15, 0.2) is 29.4 Å². The predicted octanol–water partition coefficient (Wildman–Crippen LogP) is 1.88. The van der Waals surface area contributed by atoms with Crippen molar-refractivity contribution in [2.75, 3.05) is 6.61 Å². The summed E-state index contributed by atoms with van der Waals surface area (Å²) in [4.78, 5) is 38.5. The van der Waals surface area contributed by atoms with E-state index in [-0.39, 0.29) is 6.42 Å². The van der Waals surface area contributed by atoms with Crippen molar-refractivity contribution >= 4 is 31.3 Å². The minimum atomic E-state index is -5.68. The van der Waals surface area contributed by atoms with Crippen LogP contribution in [0, 0.1) is 11.3 Å². The molecule has 0 spiro atoms. The molecule has 16 nitrogen and oxygen atoms in total. The maximum Gasteiger partial charge on any atom is 0.490 e. The Bertz CT molecular complexity index is 1070. The lowest BCUT2D eigenvalue weighted by atomic mass is 9.96. The van der Waals surface area contributed by atoms with E-state index in [1.165, 1.54) is 24.3 Å². The number of nitrogens with zero attached hydrogens (tertiary/aromatic N) is 4. The molecule has 1 aliphatic heterocycles. The maximum atomic E-state index is 11.9. The Morgan fingerprint density at radius 2 is 1.85 bits per heavy atom. The number of hydrogen-bond donors (Lipinski definition) is 4. The third-order valence-corrected chi connectivity index (χ3v) is 7.63. The van der Waals surface area contributed by atoms with Gasteiger partial charge in [-0.2, -0.15) is 13.9 Å². The molecule has 0 aliphatic carbocycles. The Morgan fingerprint density at radius 1 is 1.21 bits per heavy atom. The minimum Gasteiger partial charge on any atom is -0.380 e. The summed E-state index contributed by atoms with van der Waals surface area (Å²) in [5.41, 5.74) is 9.55. The van der Waals surface area contributed by atoms with Crippen LogP contribution >= 0.6 is 23.5 Å². The molecule has 0 saturated carbocycles. The Labute approximate surface area is 187 Å². The van der Waals surface area contributed by atoms with E-state index < -0.39 is 54.5 Å². The van der Waals surface area contributed by atoms with E-state index in [4.69, 9.17) is 37.9 Å². The first-order valence-electron chi connectivity index (χ1n) is 8.63. The Kier molecular flexibility index (Phi) is 9.41. The second kappa shape index (κ2) is 11.2. The van der Waals surface area contributed by atoms with Gasteiger partial charge in [-0.3, -0.25) is 4.52 Å². The molecule has 1 saturated heterocycles. The molecule has 1 fully saturated rings. The number of benzene rings is 1. The number of rotatable bonds is 11. The average molecular weight is 524 g/mol. The largest absolute Gasteiger partial charge is 0.490 e. The summed E-state index contributed by atoms with van der Waals surface area (Å²) in [5.74, 6) is 0. The van der Waals surface area contributed by atoms with E-state index in [0.717, 1.165) is 0 Å². The van der Waals surface area contributed by atoms with Crippen LogP contribution in [0.25, 0.3) is 10.4 Å². The Hall–Kier alpha value is -1.59. The number of azide groups is 1. The molecule has 6 unspecified atom stereocenters. The van der Waals surface area contributed by atoms with Crippen molar-refractivity contribution < 1.29 is 55.9 Å². The predicted molar refractivity (Wildman–Crippen MR) is 107 cm³/mol. The molecule has 1 aromatic carbocycles. The maximum absolute atomic E-state index is 11.9. The van der Waals surface area contributed by atoms with Crippen molar-refractivity contribution in [2.24, 2.45) is 5.11 Å². The second-order valence-corrected chi connectivity index (χ2v) is 10.7. The van der Waals surface area contributed by atoms with Gasteiger partial charge in [0.25, 0.3) is 0 Å². The number of phosphoric acid groups is 3. The summed E-state index contributed by atoms with van der Waals surface area (Å²) in [5, 5.41) is 12.4. The van der Waals surface area contributed by atoms with Gasteiger partial charge in [0, 0.05) is 10.9 Å². The molecule has 2 radical (unpaired) electrons. The molecule has 1 heterocycles. The molecule has 0 bridgehead atoms. The average Bonchev–Trinajstić information content (AvgIpc) is 3.02. The van der Waals surface area contributed by atoms with Crippen molar-refractivity contribution in [3.8, 4) is 6.07 Å². The highest BCUT2D eigenvalue weighted by molar-refractivity contribution is 7.66. The van der Waals surface area contributed by atoms with Gasteiger partial charge in [0.05, 0.1) is 24.3 Å². The van der Waals surface area contributed by atoms with Gasteiger partial charge in [-0.25, -0.2) is 13.7 Å². The van der Waals surface area contributed by atoms with Crippen LogP contribution in [0.5, 0.6) is 0 Å². The van der Waals surface area contributed by atoms with Gasteiger partial charge in [0.15, 0.2) is 6.23 Å². The zero-order valence-corrected chi connectivity index (χ0v) is 19.0. The fourth-order valence-electron chi connectivity index (χ4n) is 2.62. The molecule has 2 rings (SSSR count). The van der Waals surface area contributed by atoms with Crippen LogP contribution in [0.3, 0.4) is 0 Å². The van der Waals surface area contributed by atoms with Gasteiger partial charge in [0.1, 0.15) is 14.0 Å². The lowest BCUT2D eigenvalue weighted by Gasteiger charge is -2.24. The fraction of sp³-hybridized carbons (Fsp3) is 0.462. The SMILES string of the molecule is [B]C1CC(OC(N=[N+]=[N-])c2ccc(C#N)cc2)C(COP(=O)(O)OP(=O)(O)OP(=O)(O)O)O1. The molecule has 1 aromatic rings. The Balaban J connectivity index is 2.07. The van der Waals surface area contributed by atoms with Gasteiger partial charge in [0.2, 0.25) is 0 Å². The van der Waals surface area contributed by atoms with E-state index in [1.54, 1.807) is 0 Å². The number of phosphoric ester groups is 1. The van der Waals surface area contributed by atoms with E-state index in [2.05, 4.69) is 23.2 Å². The first-order chi connectivity index (χ1) is 15.2. The van der Waals surface area contributed by atoms with Gasteiger partial charge in [-0.05, 0) is 29.6 Å². The minimum absolute atomic E-state index is 0.0259. The summed E-state index contributed by atoms with van der Waals surface area (Å²) >= 11 is 0. The lowest BCUT2D eigenvalue weighted by Crippen LogP contribution is -2.30. The zero-order chi connectivity index (χ0) is 24.9. The van der Waals surface area contributed by atoms with Crippen LogP contribution in [-0.4, -0.2) is 52.2 Å². The zero-order valence-electron chi connectivity index (χ0n) is 16.3. The first kappa shape index (κ1) is 27.7. The highest BCUT2D eigenvalue weighted by Crippen LogP contribution is 2.66. The highest BCUT2D eigenvalue weighted by Gasteiger charge is 2.42. The molecule has 178 valence electrons. The Morgan fingerprint density at radius 3 is 2.39 bits per heavy atom. The smallest absolute Gasteiger partial charge is 0.380 e. The second-order valence-electron chi connectivity index (χ2n) is 6.30. The van der Waals surface area contributed by atoms with Crippen LogP contribution < -0.4 is 0 Å². The van der Waals surface area contributed by atoms with Crippen molar-refractivity contribution in [2.45, 2.75) is 30.9 Å². The van der Waals surface area contributed by atoms with E-state index >= 15 is 0 Å². The standard InChI is InChI=1S/C13H16BN4O12P3/c14-12-5-10(28-13(17-18-16)9-3-1-8(6-15)2-4-9)11(27-12)7-26-32(22,23)30-33(24,25)29-31(19,20)21/h1-4,10-13H,5,7H2,(H,22,23)(H,24,25)(H2,19,20,21). The summed E-state index contributed by atoms with van der Waals surface area (Å²) in [6.45, 7) is -0.793. The van der Waals surface area contributed by atoms with Crippen molar-refractivity contribution in [3.05, 3.63) is 45.8 Å². The van der Waals surface area contributed by atoms with E-state index in [0.29, 0.717) is 11.1 Å². The normalized spacial score (nSPS) is 25.2. The van der Waals surface area contributed by atoms with Gasteiger partial charge in [-0.15, -0.1) is 0 Å². The van der Waals surface area contributed by atoms with Crippen LogP contribution in [0.4, 0.5) is 0 Å². The summed E-state index contributed by atoms with van der Waals surface area (Å²) in [6.07, 6.45) is -3.29. The third-order valence-electron chi connectivity index (χ3n) is 3.83. The molecule has 33 heavy (non-hydrogen) atoms. The van der Waals surface area contributed by atoms with Crippen molar-refractivity contribution in [3.63, 3.8) is 0 Å². The topological polar surface area (TPSA) is 251 Å². The van der Waals surface area contributed by atoms with Crippen LogP contribution in [0.2, 0.25) is 0 Å². The molecule has 20 heteroatoms. The third kappa shape index (κ3) is 9.29. The molecule has 0 aromatic heterocycles. The monoisotopic (exact) mass is 524 g/mol. The highest BCUT2D eigenvalue weighted by atomic mass is 31.3. The van der Waals surface area contributed by atoms with Gasteiger partial charge >= 0.3 is 23.5 Å². The van der Waals surface area contributed by atoms with Crippen LogP contribution in [-0.2, 0) is 36.3 Å². The number of nitriles is 1. The summed E-state index contributed by atoms with van der Waals surface area (Å²) in [7, 11) is -10.9. The van der Waals surface area contributed by atoms with Gasteiger partial charge < -0.3 is 29.0 Å². The van der Waals surface area contributed by atoms with E-state index in [9.17, 15) is 23.5 Å². The quantitative estimate of drug-likeness (QED) is 0.106. The fourth-order valence-corrected chi connectivity index (χ4v) is 5.65. The molecule has 0 amide bonds.